The van der Waals surface area contributed by atoms with Gasteiger partial charge < -0.3 is 14.8 Å². The zero-order valence-electron chi connectivity index (χ0n) is 20.8. The number of imide groups is 1. The summed E-state index contributed by atoms with van der Waals surface area (Å²) in [6.07, 6.45) is 1.65. The van der Waals surface area contributed by atoms with Crippen LogP contribution in [0.2, 0.25) is 5.02 Å². The second-order valence-electron chi connectivity index (χ2n) is 8.62. The quantitative estimate of drug-likeness (QED) is 0.241. The fourth-order valence-corrected chi connectivity index (χ4v) is 5.12. The van der Waals surface area contributed by atoms with Crippen LogP contribution in [-0.2, 0) is 16.2 Å². The van der Waals surface area contributed by atoms with Crippen molar-refractivity contribution >= 4 is 63.0 Å². The first-order valence-electron chi connectivity index (χ1n) is 12.0. The third-order valence-corrected chi connectivity index (χ3v) is 7.37. The second-order valence-corrected chi connectivity index (χ2v) is 10.0. The lowest BCUT2D eigenvalue weighted by atomic mass is 10.0. The molecule has 1 fully saturated rings. The minimum absolute atomic E-state index is 0.205. The number of nitrogens with one attached hydrogen (secondary N) is 1. The summed E-state index contributed by atoms with van der Waals surface area (Å²) in [5, 5.41) is 4.58. The van der Waals surface area contributed by atoms with Crippen LogP contribution in [0.15, 0.2) is 89.8 Å². The van der Waals surface area contributed by atoms with Gasteiger partial charge in [0.15, 0.2) is 0 Å². The average Bonchev–Trinajstić information content (AvgIpc) is 3.21. The molecule has 39 heavy (non-hydrogen) atoms. The molecule has 4 aromatic rings. The predicted octanol–water partition coefficient (Wildman–Crippen LogP) is 6.76. The zero-order valence-corrected chi connectivity index (χ0v) is 22.4. The Morgan fingerprint density at radius 3 is 2.49 bits per heavy atom. The summed E-state index contributed by atoms with van der Waals surface area (Å²) in [5.41, 5.74) is 2.01. The van der Waals surface area contributed by atoms with Gasteiger partial charge in [0.2, 0.25) is 5.91 Å². The SMILES string of the molecule is COc1ccc(NC(=O)CN2C(=O)S/C(=C/c3c(OCc4ccccc4Cl)ccc4ccccc34)C2=O)cc1. The predicted molar refractivity (Wildman–Crippen MR) is 154 cm³/mol. The Labute approximate surface area is 234 Å². The van der Waals surface area contributed by atoms with Crippen LogP contribution in [0, 0.1) is 0 Å². The molecule has 1 aliphatic heterocycles. The van der Waals surface area contributed by atoms with E-state index in [1.54, 1.807) is 43.5 Å². The molecule has 9 heteroatoms. The van der Waals surface area contributed by atoms with E-state index in [0.29, 0.717) is 27.8 Å². The average molecular weight is 559 g/mol. The maximum atomic E-state index is 13.2. The van der Waals surface area contributed by atoms with Gasteiger partial charge in [-0.2, -0.15) is 0 Å². The van der Waals surface area contributed by atoms with Gasteiger partial charge in [0.25, 0.3) is 11.1 Å². The van der Waals surface area contributed by atoms with Gasteiger partial charge >= 0.3 is 0 Å². The molecule has 0 aliphatic carbocycles. The van der Waals surface area contributed by atoms with Crippen LogP contribution in [0.3, 0.4) is 0 Å². The fourth-order valence-electron chi connectivity index (χ4n) is 4.11. The van der Waals surface area contributed by atoms with E-state index in [0.717, 1.165) is 33.0 Å². The van der Waals surface area contributed by atoms with Crippen molar-refractivity contribution in [2.75, 3.05) is 19.0 Å². The standard InChI is InChI=1S/C30H23ClN2O5S/c1-37-22-13-11-21(12-14-22)32-28(34)17-33-29(35)27(39-30(33)36)16-24-23-8-4-2-6-19(23)10-15-26(24)38-18-20-7-3-5-9-25(20)31/h2-16H,17-18H2,1H3,(H,32,34)/b27-16+. The topological polar surface area (TPSA) is 84.9 Å². The number of nitrogens with zero attached hydrogens (tertiary/aromatic N) is 1. The summed E-state index contributed by atoms with van der Waals surface area (Å²) in [7, 11) is 1.55. The van der Waals surface area contributed by atoms with Crippen molar-refractivity contribution in [1.82, 2.24) is 4.90 Å². The number of hydrogen-bond acceptors (Lipinski definition) is 6. The van der Waals surface area contributed by atoms with Gasteiger partial charge in [-0.25, -0.2) is 0 Å². The third kappa shape index (κ3) is 5.92. The summed E-state index contributed by atoms with van der Waals surface area (Å²) in [5.74, 6) is 0.155. The van der Waals surface area contributed by atoms with E-state index in [-0.39, 0.29) is 11.5 Å². The number of fused-ring (bicyclic) bond motifs is 1. The van der Waals surface area contributed by atoms with Crippen molar-refractivity contribution < 1.29 is 23.9 Å². The number of ether oxygens (including phenoxy) is 2. The highest BCUT2D eigenvalue weighted by molar-refractivity contribution is 8.18. The van der Waals surface area contributed by atoms with Gasteiger partial charge in [0.1, 0.15) is 24.7 Å². The maximum absolute atomic E-state index is 13.2. The van der Waals surface area contributed by atoms with Crippen molar-refractivity contribution in [3.63, 3.8) is 0 Å². The van der Waals surface area contributed by atoms with E-state index >= 15 is 0 Å². The Balaban J connectivity index is 1.38. The summed E-state index contributed by atoms with van der Waals surface area (Å²) in [6, 6.07) is 25.6. The van der Waals surface area contributed by atoms with E-state index in [2.05, 4.69) is 5.32 Å². The number of anilines is 1. The van der Waals surface area contributed by atoms with Crippen molar-refractivity contribution in [3.05, 3.63) is 106 Å². The van der Waals surface area contributed by atoms with Crippen molar-refractivity contribution in [2.24, 2.45) is 0 Å². The van der Waals surface area contributed by atoms with E-state index in [9.17, 15) is 14.4 Å². The summed E-state index contributed by atoms with van der Waals surface area (Å²) < 4.78 is 11.3. The maximum Gasteiger partial charge on any atom is 0.294 e. The van der Waals surface area contributed by atoms with E-state index in [1.807, 2.05) is 54.6 Å². The zero-order chi connectivity index (χ0) is 27.4. The highest BCUT2D eigenvalue weighted by Gasteiger charge is 2.36. The summed E-state index contributed by atoms with van der Waals surface area (Å²) >= 11 is 7.09. The number of hydrogen-bond donors (Lipinski definition) is 1. The fraction of sp³-hybridized carbons (Fsp3) is 0.100. The highest BCUT2D eigenvalue weighted by atomic mass is 35.5. The Kier molecular flexibility index (Phi) is 7.86. The van der Waals surface area contributed by atoms with Crippen LogP contribution in [0.1, 0.15) is 11.1 Å². The van der Waals surface area contributed by atoms with Crippen LogP contribution in [-0.4, -0.2) is 35.6 Å². The van der Waals surface area contributed by atoms with Crippen LogP contribution >= 0.6 is 23.4 Å². The number of rotatable bonds is 8. The first-order chi connectivity index (χ1) is 18.9. The van der Waals surface area contributed by atoms with Gasteiger partial charge in [-0.1, -0.05) is 60.1 Å². The first-order valence-corrected chi connectivity index (χ1v) is 13.2. The molecule has 1 aliphatic rings. The van der Waals surface area contributed by atoms with Gasteiger partial charge in [0.05, 0.1) is 12.0 Å². The summed E-state index contributed by atoms with van der Waals surface area (Å²) in [6.45, 7) is -0.175. The molecule has 0 unspecified atom stereocenters. The number of carbonyl (C=O) groups excluding carboxylic acids is 3. The molecular formula is C30H23ClN2O5S. The molecule has 0 aromatic heterocycles. The smallest absolute Gasteiger partial charge is 0.294 e. The molecule has 0 atom stereocenters. The van der Waals surface area contributed by atoms with Crippen molar-refractivity contribution in [1.29, 1.82) is 0 Å². The number of thioether (sulfide) groups is 1. The first kappa shape index (κ1) is 26.3. The monoisotopic (exact) mass is 558 g/mol. The van der Waals surface area contributed by atoms with Gasteiger partial charge in [0, 0.05) is 21.8 Å². The van der Waals surface area contributed by atoms with Crippen LogP contribution in [0.5, 0.6) is 11.5 Å². The van der Waals surface area contributed by atoms with Crippen LogP contribution in [0.25, 0.3) is 16.8 Å². The van der Waals surface area contributed by atoms with Crippen molar-refractivity contribution in [3.8, 4) is 11.5 Å². The number of amides is 3. The van der Waals surface area contributed by atoms with Crippen LogP contribution in [0.4, 0.5) is 10.5 Å². The molecule has 0 radical (unpaired) electrons. The Morgan fingerprint density at radius 1 is 0.974 bits per heavy atom. The molecular weight excluding hydrogens is 536 g/mol. The molecule has 1 saturated heterocycles. The molecule has 3 amide bonds. The number of carbonyl (C=O) groups is 3. The van der Waals surface area contributed by atoms with Gasteiger partial charge in [-0.05, 0) is 65.0 Å². The lowest BCUT2D eigenvalue weighted by Gasteiger charge is -2.14. The van der Waals surface area contributed by atoms with Crippen LogP contribution < -0.4 is 14.8 Å². The molecule has 4 aromatic carbocycles. The Morgan fingerprint density at radius 2 is 1.72 bits per heavy atom. The number of methoxy groups -OCH3 is 1. The molecule has 1 heterocycles. The number of benzene rings is 4. The lowest BCUT2D eigenvalue weighted by Crippen LogP contribution is -2.36. The molecule has 5 rings (SSSR count). The molecule has 0 saturated carbocycles. The molecule has 0 bridgehead atoms. The number of halogens is 1. The molecule has 0 spiro atoms. The van der Waals surface area contributed by atoms with E-state index in [1.165, 1.54) is 0 Å². The van der Waals surface area contributed by atoms with Gasteiger partial charge in [-0.15, -0.1) is 0 Å². The van der Waals surface area contributed by atoms with E-state index < -0.39 is 23.6 Å². The lowest BCUT2D eigenvalue weighted by molar-refractivity contribution is -0.127. The molecule has 1 N–H and O–H groups in total. The Hall–Kier alpha value is -4.27. The normalized spacial score (nSPS) is 14.2. The molecule has 7 nitrogen and oxygen atoms in total. The molecule has 196 valence electrons. The largest absolute Gasteiger partial charge is 0.497 e. The minimum Gasteiger partial charge on any atom is -0.497 e. The third-order valence-electron chi connectivity index (χ3n) is 6.10. The summed E-state index contributed by atoms with van der Waals surface area (Å²) in [4.78, 5) is 39.7. The minimum atomic E-state index is -0.542. The van der Waals surface area contributed by atoms with Crippen molar-refractivity contribution in [2.45, 2.75) is 6.61 Å². The van der Waals surface area contributed by atoms with Gasteiger partial charge in [-0.3, -0.25) is 19.3 Å². The van der Waals surface area contributed by atoms with E-state index in [4.69, 9.17) is 21.1 Å². The second kappa shape index (κ2) is 11.6. The highest BCUT2D eigenvalue weighted by Crippen LogP contribution is 2.37. The Bertz CT molecular complexity index is 1600.